The summed E-state index contributed by atoms with van der Waals surface area (Å²) in [5, 5.41) is 7.55. The van der Waals surface area contributed by atoms with Gasteiger partial charge in [-0.15, -0.1) is 0 Å². The summed E-state index contributed by atoms with van der Waals surface area (Å²) >= 11 is 6.01. The van der Waals surface area contributed by atoms with Crippen LogP contribution in [-0.2, 0) is 0 Å². The Morgan fingerprint density at radius 3 is 2.84 bits per heavy atom. The minimum atomic E-state index is 0.274. The van der Waals surface area contributed by atoms with Crippen LogP contribution in [0.1, 0.15) is 26.8 Å². The smallest absolute Gasteiger partial charge is 0.243 e. The molecule has 0 aromatic carbocycles. The molecule has 6 nitrogen and oxygen atoms in total. The van der Waals surface area contributed by atoms with E-state index in [9.17, 15) is 0 Å². The normalized spacial score (nSPS) is 10.8. The molecule has 0 aliphatic rings. The molecule has 7 heteroatoms. The Labute approximate surface area is 116 Å². The lowest BCUT2D eigenvalue weighted by Gasteiger charge is -2.07. The minimum absolute atomic E-state index is 0.274. The molecule has 1 N–H and O–H groups in total. The van der Waals surface area contributed by atoms with Crippen LogP contribution in [0.15, 0.2) is 18.6 Å². The first-order valence-electron chi connectivity index (χ1n) is 6.08. The number of hydrogen-bond donors (Lipinski definition) is 1. The standard InChI is InChI=1S/C12H16ClN5O/c1-4-14-12-15-6-10(13)11(17-12)19-9-5-16-18(7-9)8(2)3/h5-8H,4H2,1-3H3,(H,14,15,17). The Bertz CT molecular complexity index is 555. The fraction of sp³-hybridized carbons (Fsp3) is 0.417. The molecular weight excluding hydrogens is 266 g/mol. The highest BCUT2D eigenvalue weighted by atomic mass is 35.5. The van der Waals surface area contributed by atoms with Crippen molar-refractivity contribution in [2.75, 3.05) is 11.9 Å². The summed E-state index contributed by atoms with van der Waals surface area (Å²) in [5.41, 5.74) is 0. The number of nitrogens with zero attached hydrogens (tertiary/aromatic N) is 4. The Balaban J connectivity index is 2.19. The molecule has 0 saturated carbocycles. The Morgan fingerprint density at radius 1 is 1.42 bits per heavy atom. The van der Waals surface area contributed by atoms with Crippen LogP contribution in [0.25, 0.3) is 0 Å². The van der Waals surface area contributed by atoms with E-state index in [4.69, 9.17) is 16.3 Å². The zero-order chi connectivity index (χ0) is 13.8. The number of ether oxygens (including phenoxy) is 1. The van der Waals surface area contributed by atoms with Gasteiger partial charge in [-0.3, -0.25) is 4.68 Å². The number of nitrogens with one attached hydrogen (secondary N) is 1. The lowest BCUT2D eigenvalue weighted by Crippen LogP contribution is -2.03. The van der Waals surface area contributed by atoms with Gasteiger partial charge in [0.05, 0.1) is 18.6 Å². The molecule has 0 amide bonds. The fourth-order valence-corrected chi connectivity index (χ4v) is 1.56. The van der Waals surface area contributed by atoms with Crippen molar-refractivity contribution in [2.24, 2.45) is 0 Å². The van der Waals surface area contributed by atoms with Crippen LogP contribution in [0.4, 0.5) is 5.95 Å². The van der Waals surface area contributed by atoms with Crippen molar-refractivity contribution in [2.45, 2.75) is 26.8 Å². The number of rotatable bonds is 5. The zero-order valence-electron chi connectivity index (χ0n) is 11.1. The summed E-state index contributed by atoms with van der Waals surface area (Å²) in [5.74, 6) is 1.39. The number of aromatic nitrogens is 4. The van der Waals surface area contributed by atoms with E-state index in [0.717, 1.165) is 6.54 Å². The molecule has 0 bridgehead atoms. The highest BCUT2D eigenvalue weighted by Crippen LogP contribution is 2.27. The van der Waals surface area contributed by atoms with E-state index in [2.05, 4.69) is 20.4 Å². The van der Waals surface area contributed by atoms with Crippen molar-refractivity contribution in [1.29, 1.82) is 0 Å². The van der Waals surface area contributed by atoms with Crippen LogP contribution in [0.2, 0.25) is 5.02 Å². The molecule has 2 aromatic rings. The summed E-state index contributed by atoms with van der Waals surface area (Å²) < 4.78 is 7.42. The Kier molecular flexibility index (Phi) is 4.21. The van der Waals surface area contributed by atoms with E-state index in [1.165, 1.54) is 6.20 Å². The zero-order valence-corrected chi connectivity index (χ0v) is 11.8. The first kappa shape index (κ1) is 13.6. The lowest BCUT2D eigenvalue weighted by molar-refractivity contribution is 0.458. The third-order valence-electron chi connectivity index (χ3n) is 2.37. The van der Waals surface area contributed by atoms with Crippen LogP contribution in [0.5, 0.6) is 11.6 Å². The van der Waals surface area contributed by atoms with Gasteiger partial charge in [-0.25, -0.2) is 4.98 Å². The topological polar surface area (TPSA) is 64.9 Å². The molecule has 102 valence electrons. The van der Waals surface area contributed by atoms with E-state index in [-0.39, 0.29) is 6.04 Å². The number of hydrogen-bond acceptors (Lipinski definition) is 5. The van der Waals surface area contributed by atoms with Crippen molar-refractivity contribution in [3.05, 3.63) is 23.6 Å². The average molecular weight is 282 g/mol. The highest BCUT2D eigenvalue weighted by Gasteiger charge is 2.10. The van der Waals surface area contributed by atoms with E-state index >= 15 is 0 Å². The maximum Gasteiger partial charge on any atom is 0.243 e. The third-order valence-corrected chi connectivity index (χ3v) is 2.63. The van der Waals surface area contributed by atoms with Crippen molar-refractivity contribution >= 4 is 17.5 Å². The first-order chi connectivity index (χ1) is 9.10. The van der Waals surface area contributed by atoms with E-state index in [0.29, 0.717) is 22.6 Å². The second kappa shape index (κ2) is 5.88. The molecule has 0 radical (unpaired) electrons. The molecule has 0 saturated heterocycles. The molecule has 2 heterocycles. The maximum atomic E-state index is 6.01. The highest BCUT2D eigenvalue weighted by molar-refractivity contribution is 6.31. The molecule has 0 fully saturated rings. The monoisotopic (exact) mass is 281 g/mol. The summed E-state index contributed by atoms with van der Waals surface area (Å²) in [6.07, 6.45) is 4.94. The molecule has 0 aliphatic heterocycles. The average Bonchev–Trinajstić information content (AvgIpc) is 2.82. The SMILES string of the molecule is CCNc1ncc(Cl)c(Oc2cnn(C(C)C)c2)n1. The Hall–Kier alpha value is -1.82. The summed E-state index contributed by atoms with van der Waals surface area (Å²) in [4.78, 5) is 8.25. The molecule has 19 heavy (non-hydrogen) atoms. The first-order valence-corrected chi connectivity index (χ1v) is 6.46. The van der Waals surface area contributed by atoms with E-state index in [1.807, 2.05) is 20.8 Å². The van der Waals surface area contributed by atoms with Crippen molar-refractivity contribution < 1.29 is 4.74 Å². The van der Waals surface area contributed by atoms with Crippen LogP contribution in [-0.4, -0.2) is 26.3 Å². The lowest BCUT2D eigenvalue weighted by atomic mass is 10.4. The van der Waals surface area contributed by atoms with Gasteiger partial charge in [0.15, 0.2) is 5.75 Å². The third kappa shape index (κ3) is 3.35. The van der Waals surface area contributed by atoms with Gasteiger partial charge in [0.25, 0.3) is 0 Å². The predicted octanol–water partition coefficient (Wildman–Crippen LogP) is 3.13. The summed E-state index contributed by atoms with van der Waals surface area (Å²) in [6, 6.07) is 0.274. The molecule has 0 atom stereocenters. The largest absolute Gasteiger partial charge is 0.434 e. The summed E-state index contributed by atoms with van der Waals surface area (Å²) in [7, 11) is 0. The van der Waals surface area contributed by atoms with Gasteiger partial charge in [0.2, 0.25) is 11.8 Å². The van der Waals surface area contributed by atoms with Crippen molar-refractivity contribution in [3.63, 3.8) is 0 Å². The van der Waals surface area contributed by atoms with Crippen LogP contribution < -0.4 is 10.1 Å². The maximum absolute atomic E-state index is 6.01. The van der Waals surface area contributed by atoms with Gasteiger partial charge in [-0.2, -0.15) is 10.1 Å². The molecule has 0 aliphatic carbocycles. The van der Waals surface area contributed by atoms with Gasteiger partial charge in [-0.1, -0.05) is 11.6 Å². The van der Waals surface area contributed by atoms with Crippen LogP contribution in [0.3, 0.4) is 0 Å². The molecule has 2 rings (SSSR count). The van der Waals surface area contributed by atoms with Crippen LogP contribution in [0, 0.1) is 0 Å². The van der Waals surface area contributed by atoms with E-state index in [1.54, 1.807) is 17.1 Å². The van der Waals surface area contributed by atoms with E-state index < -0.39 is 0 Å². The van der Waals surface area contributed by atoms with Crippen LogP contribution >= 0.6 is 11.6 Å². The molecule has 0 unspecified atom stereocenters. The van der Waals surface area contributed by atoms with Gasteiger partial charge in [-0.05, 0) is 20.8 Å². The second-order valence-electron chi connectivity index (χ2n) is 4.23. The van der Waals surface area contributed by atoms with Gasteiger partial charge in [0.1, 0.15) is 5.02 Å². The fourth-order valence-electron chi connectivity index (χ4n) is 1.43. The molecule has 0 spiro atoms. The summed E-state index contributed by atoms with van der Waals surface area (Å²) in [6.45, 7) is 6.77. The minimum Gasteiger partial charge on any atom is -0.434 e. The van der Waals surface area contributed by atoms with Gasteiger partial charge in [0, 0.05) is 12.6 Å². The quantitative estimate of drug-likeness (QED) is 0.912. The van der Waals surface area contributed by atoms with Crippen molar-refractivity contribution in [3.8, 4) is 11.6 Å². The van der Waals surface area contributed by atoms with Gasteiger partial charge < -0.3 is 10.1 Å². The molecule has 2 aromatic heterocycles. The number of halogens is 1. The molecular formula is C12H16ClN5O. The van der Waals surface area contributed by atoms with Crippen molar-refractivity contribution in [1.82, 2.24) is 19.7 Å². The van der Waals surface area contributed by atoms with Gasteiger partial charge >= 0.3 is 0 Å². The second-order valence-corrected chi connectivity index (χ2v) is 4.64. The number of anilines is 1. The Morgan fingerprint density at radius 2 is 2.21 bits per heavy atom. The predicted molar refractivity (Wildman–Crippen MR) is 73.9 cm³/mol.